The summed E-state index contributed by atoms with van der Waals surface area (Å²) in [7, 11) is -2.79. The molecule has 1 fully saturated rings. The lowest BCUT2D eigenvalue weighted by atomic mass is 10.3. The van der Waals surface area contributed by atoms with Crippen LogP contribution in [0.2, 0.25) is 0 Å². The van der Waals surface area contributed by atoms with Crippen LogP contribution in [0.15, 0.2) is 0 Å². The molecule has 1 rings (SSSR count). The van der Waals surface area contributed by atoms with Crippen LogP contribution in [-0.4, -0.2) is 70.3 Å². The molecule has 0 aliphatic carbocycles. The summed E-state index contributed by atoms with van der Waals surface area (Å²) in [6.45, 7) is 9.04. The number of nitrogens with zero attached hydrogens (tertiary/aromatic N) is 1. The first-order chi connectivity index (χ1) is 8.55. The van der Waals surface area contributed by atoms with E-state index >= 15 is 0 Å². The van der Waals surface area contributed by atoms with Crippen molar-refractivity contribution in [3.8, 4) is 0 Å². The van der Waals surface area contributed by atoms with E-state index in [1.165, 1.54) is 0 Å². The van der Waals surface area contributed by atoms with E-state index in [-0.39, 0.29) is 6.04 Å². The molecule has 1 aliphatic rings. The molecule has 18 heavy (non-hydrogen) atoms. The molecule has 0 aromatic heterocycles. The molecule has 1 saturated heterocycles. The highest BCUT2D eigenvalue weighted by molar-refractivity contribution is 7.91. The molecule has 0 aromatic carbocycles. The first-order valence-corrected chi connectivity index (χ1v) is 8.60. The van der Waals surface area contributed by atoms with Gasteiger partial charge in [-0.3, -0.25) is 4.90 Å². The molecule has 1 aliphatic heterocycles. The van der Waals surface area contributed by atoms with Crippen LogP contribution in [0.3, 0.4) is 0 Å². The quantitative estimate of drug-likeness (QED) is 0.639. The molecule has 1 heterocycles. The summed E-state index contributed by atoms with van der Waals surface area (Å²) in [5.41, 5.74) is 0. The lowest BCUT2D eigenvalue weighted by molar-refractivity contribution is 0.144. The zero-order chi connectivity index (χ0) is 13.4. The van der Waals surface area contributed by atoms with Gasteiger partial charge in [-0.25, -0.2) is 8.42 Å². The maximum absolute atomic E-state index is 11.4. The van der Waals surface area contributed by atoms with Crippen molar-refractivity contribution < 1.29 is 13.2 Å². The van der Waals surface area contributed by atoms with Crippen molar-refractivity contribution in [3.05, 3.63) is 0 Å². The highest BCUT2D eigenvalue weighted by Gasteiger charge is 2.27. The van der Waals surface area contributed by atoms with Crippen molar-refractivity contribution in [2.75, 3.05) is 50.9 Å². The fourth-order valence-electron chi connectivity index (χ4n) is 2.16. The molecule has 1 N–H and O–H groups in total. The van der Waals surface area contributed by atoms with Crippen LogP contribution in [0.1, 0.15) is 20.3 Å². The fraction of sp³-hybridized carbons (Fsp3) is 1.00. The van der Waals surface area contributed by atoms with E-state index in [1.54, 1.807) is 0 Å². The maximum atomic E-state index is 11.4. The summed E-state index contributed by atoms with van der Waals surface area (Å²) in [5.74, 6) is 0.610. The van der Waals surface area contributed by atoms with Gasteiger partial charge in [-0.05, 0) is 26.8 Å². The van der Waals surface area contributed by atoms with Crippen molar-refractivity contribution in [3.63, 3.8) is 0 Å². The second-order valence-electron chi connectivity index (χ2n) is 4.80. The number of nitrogens with one attached hydrogen (secondary N) is 1. The van der Waals surface area contributed by atoms with Crippen LogP contribution < -0.4 is 5.32 Å². The topological polar surface area (TPSA) is 58.6 Å². The van der Waals surface area contributed by atoms with E-state index in [2.05, 4.69) is 10.2 Å². The molecular weight excluding hydrogens is 252 g/mol. The number of hydrogen-bond donors (Lipinski definition) is 1. The van der Waals surface area contributed by atoms with Gasteiger partial charge in [-0.1, -0.05) is 0 Å². The van der Waals surface area contributed by atoms with Gasteiger partial charge in [-0.2, -0.15) is 0 Å². The Morgan fingerprint density at radius 3 is 2.83 bits per heavy atom. The molecule has 6 heteroatoms. The average molecular weight is 278 g/mol. The smallest absolute Gasteiger partial charge is 0.153 e. The Balaban J connectivity index is 2.06. The highest BCUT2D eigenvalue weighted by atomic mass is 32.2. The lowest BCUT2D eigenvalue weighted by Crippen LogP contribution is -2.49. The third-order valence-electron chi connectivity index (χ3n) is 3.23. The standard InChI is InChI=1S/C12H26N2O3S/c1-3-17-9-4-5-13-6-7-14-8-10-18(15,16)11-12(14)2/h12-13H,3-11H2,1-2H3. The molecule has 108 valence electrons. The van der Waals surface area contributed by atoms with Gasteiger partial charge in [0.05, 0.1) is 11.5 Å². The van der Waals surface area contributed by atoms with Gasteiger partial charge in [0, 0.05) is 38.9 Å². The second-order valence-corrected chi connectivity index (χ2v) is 7.03. The molecule has 1 unspecified atom stereocenters. The Hall–Kier alpha value is -0.170. The zero-order valence-electron chi connectivity index (χ0n) is 11.5. The number of rotatable bonds is 8. The summed E-state index contributed by atoms with van der Waals surface area (Å²) >= 11 is 0. The van der Waals surface area contributed by atoms with E-state index < -0.39 is 9.84 Å². The Labute approximate surface area is 111 Å². The molecule has 0 bridgehead atoms. The maximum Gasteiger partial charge on any atom is 0.153 e. The highest BCUT2D eigenvalue weighted by Crippen LogP contribution is 2.10. The zero-order valence-corrected chi connectivity index (χ0v) is 12.3. The molecule has 0 radical (unpaired) electrons. The summed E-state index contributed by atoms with van der Waals surface area (Å²) in [6, 6.07) is 0.147. The van der Waals surface area contributed by atoms with Crippen LogP contribution in [-0.2, 0) is 14.6 Å². The van der Waals surface area contributed by atoms with Crippen molar-refractivity contribution in [2.24, 2.45) is 0 Å². The molecule has 0 spiro atoms. The predicted molar refractivity (Wildman–Crippen MR) is 73.7 cm³/mol. The van der Waals surface area contributed by atoms with Crippen LogP contribution in [0.5, 0.6) is 0 Å². The largest absolute Gasteiger partial charge is 0.382 e. The van der Waals surface area contributed by atoms with Gasteiger partial charge >= 0.3 is 0 Å². The van der Waals surface area contributed by atoms with Crippen molar-refractivity contribution >= 4 is 9.84 Å². The molecular formula is C12H26N2O3S. The predicted octanol–water partition coefficient (Wildman–Crippen LogP) is 0.122. The number of sulfone groups is 1. The monoisotopic (exact) mass is 278 g/mol. The van der Waals surface area contributed by atoms with Crippen LogP contribution >= 0.6 is 0 Å². The van der Waals surface area contributed by atoms with Gasteiger partial charge < -0.3 is 10.1 Å². The molecule has 1 atom stereocenters. The van der Waals surface area contributed by atoms with Gasteiger partial charge in [0.2, 0.25) is 0 Å². The number of ether oxygens (including phenoxy) is 1. The van der Waals surface area contributed by atoms with Crippen LogP contribution in [0.25, 0.3) is 0 Å². The Bertz CT molecular complexity index is 319. The number of hydrogen-bond acceptors (Lipinski definition) is 5. The first kappa shape index (κ1) is 15.9. The van der Waals surface area contributed by atoms with Gasteiger partial charge in [0.15, 0.2) is 9.84 Å². The molecule has 0 amide bonds. The van der Waals surface area contributed by atoms with E-state index in [9.17, 15) is 8.42 Å². The van der Waals surface area contributed by atoms with Crippen molar-refractivity contribution in [1.82, 2.24) is 10.2 Å². The summed E-state index contributed by atoms with van der Waals surface area (Å²) < 4.78 is 28.1. The van der Waals surface area contributed by atoms with E-state index in [4.69, 9.17) is 4.74 Å². The first-order valence-electron chi connectivity index (χ1n) is 6.78. The Kier molecular flexibility index (Phi) is 7.14. The minimum Gasteiger partial charge on any atom is -0.382 e. The minimum absolute atomic E-state index is 0.147. The van der Waals surface area contributed by atoms with E-state index in [1.807, 2.05) is 13.8 Å². The summed E-state index contributed by atoms with van der Waals surface area (Å²) in [4.78, 5) is 2.25. The fourth-order valence-corrected chi connectivity index (χ4v) is 3.78. The van der Waals surface area contributed by atoms with Crippen LogP contribution in [0, 0.1) is 0 Å². The van der Waals surface area contributed by atoms with Crippen LogP contribution in [0.4, 0.5) is 0 Å². The Morgan fingerprint density at radius 2 is 2.17 bits per heavy atom. The lowest BCUT2D eigenvalue weighted by Gasteiger charge is -2.33. The summed E-state index contributed by atoms with van der Waals surface area (Å²) in [5, 5.41) is 3.36. The van der Waals surface area contributed by atoms with E-state index in [0.29, 0.717) is 18.1 Å². The van der Waals surface area contributed by atoms with Crippen molar-refractivity contribution in [1.29, 1.82) is 0 Å². The summed E-state index contributed by atoms with van der Waals surface area (Å²) in [6.07, 6.45) is 1.03. The second kappa shape index (κ2) is 8.09. The van der Waals surface area contributed by atoms with Gasteiger partial charge in [-0.15, -0.1) is 0 Å². The third-order valence-corrected chi connectivity index (χ3v) is 5.02. The molecule has 0 saturated carbocycles. The Morgan fingerprint density at radius 1 is 1.39 bits per heavy atom. The van der Waals surface area contributed by atoms with Crippen molar-refractivity contribution in [2.45, 2.75) is 26.3 Å². The van der Waals surface area contributed by atoms with E-state index in [0.717, 1.165) is 39.3 Å². The molecule has 0 aromatic rings. The third kappa shape index (κ3) is 6.13. The molecule has 5 nitrogen and oxygen atoms in total. The SMILES string of the molecule is CCOCCCNCCN1CCS(=O)(=O)CC1C. The normalized spacial score (nSPS) is 24.2. The minimum atomic E-state index is -2.79. The van der Waals surface area contributed by atoms with Gasteiger partial charge in [0.25, 0.3) is 0 Å². The van der Waals surface area contributed by atoms with Gasteiger partial charge in [0.1, 0.15) is 0 Å². The average Bonchev–Trinajstić information content (AvgIpc) is 2.29.